The Hall–Kier alpha value is -2.15. The van der Waals surface area contributed by atoms with Crippen LogP contribution in [0.25, 0.3) is 0 Å². The predicted octanol–water partition coefficient (Wildman–Crippen LogP) is 2.19. The molecular weight excluding hydrogens is 288 g/mol. The Balaban J connectivity index is 2.00. The van der Waals surface area contributed by atoms with Crippen molar-refractivity contribution in [1.82, 2.24) is 9.78 Å². The predicted molar refractivity (Wildman–Crippen MR) is 84.1 cm³/mol. The van der Waals surface area contributed by atoms with Crippen molar-refractivity contribution in [3.63, 3.8) is 0 Å². The first-order chi connectivity index (χ1) is 9.82. The highest BCUT2D eigenvalue weighted by Gasteiger charge is 2.04. The van der Waals surface area contributed by atoms with Gasteiger partial charge in [0.15, 0.2) is 0 Å². The van der Waals surface area contributed by atoms with Crippen LogP contribution < -0.4 is 5.32 Å². The molecule has 0 bridgehead atoms. The van der Waals surface area contributed by atoms with E-state index in [1.165, 1.54) is 0 Å². The van der Waals surface area contributed by atoms with Crippen LogP contribution in [0.15, 0.2) is 41.0 Å². The Kier molecular flexibility index (Phi) is 4.42. The molecule has 2 rings (SSSR count). The van der Waals surface area contributed by atoms with Crippen LogP contribution in [-0.2, 0) is 21.1 Å². The minimum Gasteiger partial charge on any atom is -0.324 e. The average molecular weight is 306 g/mol. The molecule has 1 aromatic heterocycles. The number of amides is 1. The highest BCUT2D eigenvalue weighted by atomic mass is 32.2. The molecule has 1 aromatic carbocycles. The number of nitrogens with zero attached hydrogens (tertiary/aromatic N) is 3. The average Bonchev–Trinajstić information content (AvgIpc) is 2.75. The molecule has 0 spiro atoms. The maximum Gasteiger partial charge on any atom is 0.246 e. The van der Waals surface area contributed by atoms with Crippen LogP contribution >= 0.6 is 0 Å². The van der Waals surface area contributed by atoms with E-state index in [1.807, 2.05) is 6.92 Å². The van der Waals surface area contributed by atoms with Gasteiger partial charge in [-0.2, -0.15) is 9.46 Å². The molecule has 112 valence electrons. The Morgan fingerprint density at radius 3 is 2.52 bits per heavy atom. The van der Waals surface area contributed by atoms with Crippen molar-refractivity contribution < 1.29 is 9.00 Å². The lowest BCUT2D eigenvalue weighted by molar-refractivity contribution is -0.116. The second-order valence-electron chi connectivity index (χ2n) is 5.08. The van der Waals surface area contributed by atoms with Crippen LogP contribution in [-0.4, -0.2) is 32.4 Å². The molecule has 0 fully saturated rings. The Labute approximate surface area is 124 Å². The maximum absolute atomic E-state index is 11.9. The summed E-state index contributed by atoms with van der Waals surface area (Å²) < 4.78 is 17.2. The van der Waals surface area contributed by atoms with E-state index in [2.05, 4.69) is 14.8 Å². The molecule has 0 saturated carbocycles. The van der Waals surface area contributed by atoms with Gasteiger partial charge in [-0.1, -0.05) is 0 Å². The lowest BCUT2D eigenvalue weighted by atomic mass is 10.3. The van der Waals surface area contributed by atoms with E-state index in [-0.39, 0.29) is 12.5 Å². The van der Waals surface area contributed by atoms with E-state index in [1.54, 1.807) is 53.9 Å². The fourth-order valence-corrected chi connectivity index (χ4v) is 2.39. The number of anilines is 1. The summed E-state index contributed by atoms with van der Waals surface area (Å²) in [5.74, 6) is -0.155. The molecular formula is C14H18N4O2S. The first kappa shape index (κ1) is 15.2. The van der Waals surface area contributed by atoms with Gasteiger partial charge in [0.2, 0.25) is 5.91 Å². The third kappa shape index (κ3) is 5.03. The minimum absolute atomic E-state index is 0.155. The van der Waals surface area contributed by atoms with Gasteiger partial charge >= 0.3 is 0 Å². The summed E-state index contributed by atoms with van der Waals surface area (Å²) >= 11 is 0. The van der Waals surface area contributed by atoms with Crippen molar-refractivity contribution in [2.45, 2.75) is 13.5 Å². The van der Waals surface area contributed by atoms with Crippen molar-refractivity contribution >= 4 is 27.0 Å². The third-order valence-corrected chi connectivity index (χ3v) is 3.19. The normalized spacial score (nSPS) is 11.2. The molecule has 1 N–H and O–H groups in total. The second kappa shape index (κ2) is 6.09. The molecule has 0 unspecified atom stereocenters. The van der Waals surface area contributed by atoms with Gasteiger partial charge in [0.05, 0.1) is 11.9 Å². The highest BCUT2D eigenvalue weighted by molar-refractivity contribution is 7.92. The first-order valence-corrected chi connectivity index (χ1v) is 8.71. The SMILES string of the molecule is Cc1cnn(CC(=O)Nc2ccc(N=S(C)(C)=O)cc2)c1. The second-order valence-corrected chi connectivity index (χ2v) is 7.63. The number of aromatic nitrogens is 2. The lowest BCUT2D eigenvalue weighted by Crippen LogP contribution is -2.18. The molecule has 0 aliphatic rings. The van der Waals surface area contributed by atoms with Crippen LogP contribution in [0, 0.1) is 6.92 Å². The molecule has 1 heterocycles. The molecule has 0 radical (unpaired) electrons. The number of benzene rings is 1. The standard InChI is InChI=1S/C14H18N4O2S/c1-11-8-15-18(9-11)10-14(19)16-12-4-6-13(7-5-12)17-21(2,3)20/h4-9H,10H2,1-3H3,(H,16,19). The van der Waals surface area contributed by atoms with Crippen LogP contribution in [0.2, 0.25) is 0 Å². The smallest absolute Gasteiger partial charge is 0.246 e. The third-order valence-electron chi connectivity index (χ3n) is 2.54. The molecule has 6 nitrogen and oxygen atoms in total. The van der Waals surface area contributed by atoms with Crippen LogP contribution in [0.3, 0.4) is 0 Å². The maximum atomic E-state index is 11.9. The molecule has 0 aliphatic carbocycles. The molecule has 0 aliphatic heterocycles. The van der Waals surface area contributed by atoms with Gasteiger partial charge in [-0.05, 0) is 36.8 Å². The first-order valence-electron chi connectivity index (χ1n) is 6.38. The summed E-state index contributed by atoms with van der Waals surface area (Å²) in [4.78, 5) is 11.9. The minimum atomic E-state index is -2.18. The number of rotatable bonds is 4. The molecule has 7 heteroatoms. The monoisotopic (exact) mass is 306 g/mol. The number of nitrogens with one attached hydrogen (secondary N) is 1. The van der Waals surface area contributed by atoms with E-state index >= 15 is 0 Å². The number of carbonyl (C=O) groups excluding carboxylic acids is 1. The summed E-state index contributed by atoms with van der Waals surface area (Å²) in [5, 5.41) is 6.84. The zero-order chi connectivity index (χ0) is 15.5. The number of aryl methyl sites for hydroxylation is 1. The molecule has 1 amide bonds. The van der Waals surface area contributed by atoms with E-state index in [4.69, 9.17) is 0 Å². The van der Waals surface area contributed by atoms with Crippen molar-refractivity contribution in [3.05, 3.63) is 42.2 Å². The van der Waals surface area contributed by atoms with Gasteiger partial charge in [-0.25, -0.2) is 4.21 Å². The zero-order valence-electron chi connectivity index (χ0n) is 12.2. The largest absolute Gasteiger partial charge is 0.324 e. The van der Waals surface area contributed by atoms with Crippen molar-refractivity contribution in [2.75, 3.05) is 17.8 Å². The summed E-state index contributed by atoms with van der Waals surface area (Å²) in [6.07, 6.45) is 6.67. The summed E-state index contributed by atoms with van der Waals surface area (Å²) in [6.45, 7) is 2.08. The van der Waals surface area contributed by atoms with Gasteiger partial charge in [-0.15, -0.1) is 0 Å². The Bertz CT molecular complexity index is 748. The van der Waals surface area contributed by atoms with Crippen LogP contribution in [0.4, 0.5) is 11.4 Å². The van der Waals surface area contributed by atoms with Crippen LogP contribution in [0.1, 0.15) is 5.56 Å². The number of carbonyl (C=O) groups is 1. The summed E-state index contributed by atoms with van der Waals surface area (Å²) in [6, 6.07) is 6.91. The van der Waals surface area contributed by atoms with Crippen LogP contribution in [0.5, 0.6) is 0 Å². The van der Waals surface area contributed by atoms with E-state index in [0.29, 0.717) is 11.4 Å². The van der Waals surface area contributed by atoms with E-state index in [0.717, 1.165) is 5.56 Å². The zero-order valence-corrected chi connectivity index (χ0v) is 13.1. The number of hydrogen-bond donors (Lipinski definition) is 1. The molecule has 2 aromatic rings. The van der Waals surface area contributed by atoms with Gasteiger partial charge in [-0.3, -0.25) is 9.48 Å². The topological polar surface area (TPSA) is 76.3 Å². The van der Waals surface area contributed by atoms with Gasteiger partial charge in [0.25, 0.3) is 0 Å². The van der Waals surface area contributed by atoms with Gasteiger partial charge < -0.3 is 5.32 Å². The van der Waals surface area contributed by atoms with Gasteiger partial charge in [0, 0.05) is 34.1 Å². The fourth-order valence-electron chi connectivity index (χ4n) is 1.76. The summed E-state index contributed by atoms with van der Waals surface area (Å²) in [7, 11) is -2.18. The van der Waals surface area contributed by atoms with Crippen molar-refractivity contribution in [1.29, 1.82) is 0 Å². The Morgan fingerprint density at radius 1 is 1.33 bits per heavy atom. The quantitative estimate of drug-likeness (QED) is 0.940. The van der Waals surface area contributed by atoms with E-state index in [9.17, 15) is 9.00 Å². The Morgan fingerprint density at radius 2 is 2.00 bits per heavy atom. The number of hydrogen-bond acceptors (Lipinski definition) is 4. The molecule has 0 atom stereocenters. The van der Waals surface area contributed by atoms with Crippen molar-refractivity contribution in [2.24, 2.45) is 4.36 Å². The van der Waals surface area contributed by atoms with E-state index < -0.39 is 9.73 Å². The fraction of sp³-hybridized carbons (Fsp3) is 0.286. The summed E-state index contributed by atoms with van der Waals surface area (Å²) in [5.41, 5.74) is 2.31. The highest BCUT2D eigenvalue weighted by Crippen LogP contribution is 2.17. The van der Waals surface area contributed by atoms with Crippen molar-refractivity contribution in [3.8, 4) is 0 Å². The molecule has 0 saturated heterocycles. The lowest BCUT2D eigenvalue weighted by Gasteiger charge is -2.06. The van der Waals surface area contributed by atoms with Gasteiger partial charge in [0.1, 0.15) is 6.54 Å². The molecule has 21 heavy (non-hydrogen) atoms.